The first-order valence-electron chi connectivity index (χ1n) is 8.28. The fourth-order valence-corrected chi connectivity index (χ4v) is 3.13. The number of aldehydes is 1. The van der Waals surface area contributed by atoms with Crippen molar-refractivity contribution < 1.29 is 4.79 Å². The summed E-state index contributed by atoms with van der Waals surface area (Å²) >= 11 is 0. The van der Waals surface area contributed by atoms with Crippen LogP contribution in [0.1, 0.15) is 36.6 Å². The molecule has 0 saturated carbocycles. The largest absolute Gasteiger partial charge is 0.356 e. The van der Waals surface area contributed by atoms with E-state index in [0.717, 1.165) is 48.3 Å². The van der Waals surface area contributed by atoms with Gasteiger partial charge in [0.25, 0.3) is 0 Å². The smallest absolute Gasteiger partial charge is 0.170 e. The van der Waals surface area contributed by atoms with Crippen LogP contribution in [0.3, 0.4) is 0 Å². The lowest BCUT2D eigenvalue weighted by molar-refractivity contribution is 0.111. The summed E-state index contributed by atoms with van der Waals surface area (Å²) in [5.41, 5.74) is 1.35. The Hall–Kier alpha value is -2.70. The highest BCUT2D eigenvalue weighted by Gasteiger charge is 2.25. The Morgan fingerprint density at radius 3 is 3.00 bits per heavy atom. The van der Waals surface area contributed by atoms with Crippen LogP contribution in [0, 0.1) is 0 Å². The van der Waals surface area contributed by atoms with E-state index in [-0.39, 0.29) is 0 Å². The van der Waals surface area contributed by atoms with E-state index in [2.05, 4.69) is 36.5 Å². The first-order valence-corrected chi connectivity index (χ1v) is 8.28. The van der Waals surface area contributed by atoms with E-state index >= 15 is 0 Å². The van der Waals surface area contributed by atoms with Crippen LogP contribution in [0.4, 0.5) is 5.82 Å². The molecule has 0 amide bonds. The summed E-state index contributed by atoms with van der Waals surface area (Å²) in [6.07, 6.45) is 7.89. The van der Waals surface area contributed by atoms with Gasteiger partial charge in [-0.1, -0.05) is 13.8 Å². The lowest BCUT2D eigenvalue weighted by Gasteiger charge is -2.32. The molecule has 3 aromatic rings. The van der Waals surface area contributed by atoms with Gasteiger partial charge in [0.2, 0.25) is 0 Å². The molecule has 0 bridgehead atoms. The first-order chi connectivity index (χ1) is 11.8. The topological polar surface area (TPSA) is 79.7 Å². The van der Waals surface area contributed by atoms with Crippen LogP contribution >= 0.6 is 0 Å². The molecule has 4 rings (SSSR count). The number of imidazole rings is 1. The summed E-state index contributed by atoms with van der Waals surface area (Å²) in [6, 6.07) is 2.30. The maximum Gasteiger partial charge on any atom is 0.170 e. The predicted octanol–water partition coefficient (Wildman–Crippen LogP) is 2.44. The third-order valence-corrected chi connectivity index (χ3v) is 4.33. The molecule has 0 spiro atoms. The minimum atomic E-state index is 0.308. The quantitative estimate of drug-likeness (QED) is 0.748. The number of hydrogen-bond acceptors (Lipinski definition) is 5. The number of fused-ring (bicyclic) bond motifs is 2. The molecule has 0 aliphatic carbocycles. The number of anilines is 1. The molecule has 1 aliphatic heterocycles. The van der Waals surface area contributed by atoms with Gasteiger partial charge < -0.3 is 14.5 Å². The van der Waals surface area contributed by atoms with Gasteiger partial charge in [0.1, 0.15) is 29.3 Å². The molecule has 126 valence electrons. The summed E-state index contributed by atoms with van der Waals surface area (Å²) < 4.78 is 2.07. The highest BCUT2D eigenvalue weighted by Crippen LogP contribution is 2.26. The lowest BCUT2D eigenvalue weighted by atomic mass is 10.0. The molecule has 4 heterocycles. The van der Waals surface area contributed by atoms with Gasteiger partial charge in [-0.25, -0.2) is 15.0 Å². The molecule has 0 aromatic carbocycles. The zero-order valence-corrected chi connectivity index (χ0v) is 14.2. The van der Waals surface area contributed by atoms with Crippen molar-refractivity contribution in [2.45, 2.75) is 39.3 Å². The Labute approximate surface area is 140 Å². The second-order valence-electron chi connectivity index (χ2n) is 5.59. The van der Waals surface area contributed by atoms with E-state index < -0.39 is 0 Å². The van der Waals surface area contributed by atoms with Crippen LogP contribution in [-0.4, -0.2) is 43.9 Å². The van der Waals surface area contributed by atoms with Gasteiger partial charge in [-0.15, -0.1) is 0 Å². The van der Waals surface area contributed by atoms with Gasteiger partial charge in [0, 0.05) is 38.4 Å². The number of likely N-dealkylation sites (N-methyl/N-ethyl adjacent to an activating group) is 1. The zero-order valence-electron chi connectivity index (χ0n) is 14.2. The van der Waals surface area contributed by atoms with E-state index in [9.17, 15) is 4.79 Å². The number of aromatic amines is 1. The number of nitrogens with zero attached hydrogens (tertiary/aromatic N) is 5. The molecule has 7 heteroatoms. The van der Waals surface area contributed by atoms with Crippen molar-refractivity contribution in [2.75, 3.05) is 11.9 Å². The maximum absolute atomic E-state index is 10.9. The second kappa shape index (κ2) is 6.82. The van der Waals surface area contributed by atoms with Crippen molar-refractivity contribution >= 4 is 23.1 Å². The Morgan fingerprint density at radius 2 is 2.21 bits per heavy atom. The Morgan fingerprint density at radius 1 is 1.38 bits per heavy atom. The normalized spacial score (nSPS) is 16.2. The minimum absolute atomic E-state index is 0.308. The molecule has 0 saturated heterocycles. The first kappa shape index (κ1) is 16.2. The van der Waals surface area contributed by atoms with Crippen molar-refractivity contribution in [1.82, 2.24) is 24.5 Å². The van der Waals surface area contributed by atoms with Crippen molar-refractivity contribution in [2.24, 2.45) is 0 Å². The third kappa shape index (κ3) is 2.77. The van der Waals surface area contributed by atoms with E-state index in [4.69, 9.17) is 0 Å². The summed E-state index contributed by atoms with van der Waals surface area (Å²) in [7, 11) is 2.05. The number of aromatic nitrogens is 5. The molecular weight excluding hydrogens is 304 g/mol. The predicted molar refractivity (Wildman–Crippen MR) is 93.4 cm³/mol. The van der Waals surface area contributed by atoms with E-state index in [1.54, 1.807) is 6.33 Å². The number of hydrogen-bond donors (Lipinski definition) is 1. The van der Waals surface area contributed by atoms with Crippen LogP contribution < -0.4 is 4.90 Å². The summed E-state index contributed by atoms with van der Waals surface area (Å²) in [5.74, 6) is 1.89. The fraction of sp³-hybridized carbons (Fsp3) is 0.412. The fourth-order valence-electron chi connectivity index (χ4n) is 3.13. The van der Waals surface area contributed by atoms with Gasteiger partial charge >= 0.3 is 0 Å². The van der Waals surface area contributed by atoms with Gasteiger partial charge in [-0.2, -0.15) is 0 Å². The summed E-state index contributed by atoms with van der Waals surface area (Å²) in [6.45, 7) is 4.87. The third-order valence-electron chi connectivity index (χ3n) is 4.33. The van der Waals surface area contributed by atoms with Crippen LogP contribution in [-0.2, 0) is 13.0 Å². The van der Waals surface area contributed by atoms with Crippen molar-refractivity contribution in [3.05, 3.63) is 36.3 Å². The molecule has 1 unspecified atom stereocenters. The Balaban J connectivity index is 0.000000815. The molecule has 7 nitrogen and oxygen atoms in total. The number of aryl methyl sites for hydroxylation is 1. The second-order valence-corrected chi connectivity index (χ2v) is 5.59. The Bertz CT molecular complexity index is 837. The van der Waals surface area contributed by atoms with Crippen molar-refractivity contribution in [1.29, 1.82) is 0 Å². The van der Waals surface area contributed by atoms with Crippen LogP contribution in [0.2, 0.25) is 0 Å². The number of carbonyl (C=O) groups is 1. The van der Waals surface area contributed by atoms with Crippen molar-refractivity contribution in [3.63, 3.8) is 0 Å². The summed E-state index contributed by atoms with van der Waals surface area (Å²) in [4.78, 5) is 29.2. The standard InChI is InChI=1S/C15H16N6O.C2H6/c1-20(15-12-2-4-16-14(12)17-9-18-15)11-3-5-21-7-10(8-22)19-13(21)6-11;1-2/h2,4,7-9,11H,3,5-6H2,1H3,(H,16,17,18);1-2H3. The average molecular weight is 326 g/mol. The SMILES string of the molecule is CC.CN(c1ncnc2[nH]ccc12)C1CCn2cc(C=O)nc2C1. The highest BCUT2D eigenvalue weighted by atomic mass is 16.1. The molecule has 3 aromatic heterocycles. The number of H-pyrrole nitrogens is 1. The molecule has 24 heavy (non-hydrogen) atoms. The van der Waals surface area contributed by atoms with E-state index in [1.165, 1.54) is 0 Å². The zero-order chi connectivity index (χ0) is 17.1. The monoisotopic (exact) mass is 326 g/mol. The van der Waals surface area contributed by atoms with Crippen LogP contribution in [0.5, 0.6) is 0 Å². The molecule has 1 N–H and O–H groups in total. The molecule has 0 radical (unpaired) electrons. The molecule has 1 atom stereocenters. The van der Waals surface area contributed by atoms with E-state index in [1.807, 2.05) is 32.3 Å². The Kier molecular flexibility index (Phi) is 4.59. The van der Waals surface area contributed by atoms with Gasteiger partial charge in [0.15, 0.2) is 6.29 Å². The minimum Gasteiger partial charge on any atom is -0.356 e. The van der Waals surface area contributed by atoms with Gasteiger partial charge in [-0.05, 0) is 12.5 Å². The highest BCUT2D eigenvalue weighted by molar-refractivity contribution is 5.87. The summed E-state index contributed by atoms with van der Waals surface area (Å²) in [5, 5.41) is 1.02. The van der Waals surface area contributed by atoms with Crippen molar-refractivity contribution in [3.8, 4) is 0 Å². The van der Waals surface area contributed by atoms with E-state index in [0.29, 0.717) is 11.7 Å². The number of nitrogens with one attached hydrogen (secondary N) is 1. The molecule has 1 aliphatic rings. The van der Waals surface area contributed by atoms with Gasteiger partial charge in [0.05, 0.1) is 5.39 Å². The number of rotatable bonds is 3. The number of carbonyl (C=O) groups excluding carboxylic acids is 1. The van der Waals surface area contributed by atoms with Crippen LogP contribution in [0.25, 0.3) is 11.0 Å². The van der Waals surface area contributed by atoms with Crippen LogP contribution in [0.15, 0.2) is 24.8 Å². The molecule has 0 fully saturated rings. The average Bonchev–Trinajstić information content (AvgIpc) is 3.27. The lowest BCUT2D eigenvalue weighted by Crippen LogP contribution is -2.38. The van der Waals surface area contributed by atoms with Gasteiger partial charge in [-0.3, -0.25) is 4.79 Å². The maximum atomic E-state index is 10.9. The molecular formula is C17H22N6O.